The lowest BCUT2D eigenvalue weighted by Gasteiger charge is -2.33. The Hall–Kier alpha value is -1.12. The van der Waals surface area contributed by atoms with Crippen molar-refractivity contribution in [2.75, 3.05) is 37.6 Å². The van der Waals surface area contributed by atoms with Crippen molar-refractivity contribution < 1.29 is 0 Å². The Morgan fingerprint density at radius 1 is 1.35 bits per heavy atom. The highest BCUT2D eigenvalue weighted by atomic mass is 32.1. The summed E-state index contributed by atoms with van der Waals surface area (Å²) < 4.78 is 0. The normalized spacial score (nSPS) is 17.1. The standard InChI is InChI=1S/C12H18N4S/c1-3-15-6-8-16(9-7-15)12-14-10(2)11(17-12)4-5-13/h3-4,6-9H2,1-2H3. The number of hydrogen-bond acceptors (Lipinski definition) is 5. The SMILES string of the molecule is CCN1CCN(c2nc(C)c(CC#N)s2)CC1. The Balaban J connectivity index is 2.04. The molecule has 0 N–H and O–H groups in total. The van der Waals surface area contributed by atoms with Crippen LogP contribution >= 0.6 is 11.3 Å². The van der Waals surface area contributed by atoms with Crippen molar-refractivity contribution in [2.24, 2.45) is 0 Å². The van der Waals surface area contributed by atoms with Crippen molar-refractivity contribution in [3.05, 3.63) is 10.6 Å². The van der Waals surface area contributed by atoms with E-state index in [0.29, 0.717) is 6.42 Å². The van der Waals surface area contributed by atoms with Crippen LogP contribution in [0.4, 0.5) is 5.13 Å². The molecule has 2 heterocycles. The number of thiazole rings is 1. The van der Waals surface area contributed by atoms with Crippen LogP contribution in [0.1, 0.15) is 17.5 Å². The third kappa shape index (κ3) is 2.76. The molecule has 0 unspecified atom stereocenters. The highest BCUT2D eigenvalue weighted by Gasteiger charge is 2.19. The summed E-state index contributed by atoms with van der Waals surface area (Å²) >= 11 is 1.67. The number of nitriles is 1. The Bertz CT molecular complexity index is 413. The molecule has 1 aliphatic rings. The fourth-order valence-corrected chi connectivity index (χ4v) is 3.08. The van der Waals surface area contributed by atoms with Crippen LogP contribution in [0, 0.1) is 18.3 Å². The van der Waals surface area contributed by atoms with Crippen molar-refractivity contribution in [1.29, 1.82) is 5.26 Å². The van der Waals surface area contributed by atoms with Gasteiger partial charge >= 0.3 is 0 Å². The van der Waals surface area contributed by atoms with Crippen LogP contribution in [0.25, 0.3) is 0 Å². The Morgan fingerprint density at radius 3 is 2.65 bits per heavy atom. The summed E-state index contributed by atoms with van der Waals surface area (Å²) in [4.78, 5) is 10.5. The van der Waals surface area contributed by atoms with E-state index in [-0.39, 0.29) is 0 Å². The average molecular weight is 250 g/mol. The lowest BCUT2D eigenvalue weighted by atomic mass is 10.3. The number of likely N-dealkylation sites (N-methyl/N-ethyl adjacent to an activating group) is 1. The smallest absolute Gasteiger partial charge is 0.185 e. The van der Waals surface area contributed by atoms with Crippen LogP contribution < -0.4 is 4.90 Å². The number of rotatable bonds is 3. The third-order valence-electron chi connectivity index (χ3n) is 3.21. The molecule has 0 spiro atoms. The molecular formula is C12H18N4S. The quantitative estimate of drug-likeness (QED) is 0.818. The fourth-order valence-electron chi connectivity index (χ4n) is 2.04. The van der Waals surface area contributed by atoms with Crippen molar-refractivity contribution >= 4 is 16.5 Å². The summed E-state index contributed by atoms with van der Waals surface area (Å²) in [6, 6.07) is 2.20. The minimum atomic E-state index is 0.485. The van der Waals surface area contributed by atoms with E-state index in [1.807, 2.05) is 6.92 Å². The van der Waals surface area contributed by atoms with Gasteiger partial charge in [0.05, 0.1) is 18.2 Å². The maximum atomic E-state index is 8.74. The molecule has 1 aromatic heterocycles. The van der Waals surface area contributed by atoms with E-state index in [0.717, 1.165) is 48.4 Å². The van der Waals surface area contributed by atoms with Crippen molar-refractivity contribution in [3.8, 4) is 6.07 Å². The largest absolute Gasteiger partial charge is 0.346 e. The van der Waals surface area contributed by atoms with E-state index < -0.39 is 0 Å². The predicted molar refractivity (Wildman–Crippen MR) is 70.5 cm³/mol. The number of hydrogen-bond donors (Lipinski definition) is 0. The lowest BCUT2D eigenvalue weighted by Crippen LogP contribution is -2.46. The van der Waals surface area contributed by atoms with Crippen LogP contribution in [0.3, 0.4) is 0 Å². The minimum Gasteiger partial charge on any atom is -0.346 e. The molecule has 0 radical (unpaired) electrons. The molecule has 1 saturated heterocycles. The van der Waals surface area contributed by atoms with Gasteiger partial charge in [-0.3, -0.25) is 0 Å². The van der Waals surface area contributed by atoms with Gasteiger partial charge in [-0.05, 0) is 13.5 Å². The lowest BCUT2D eigenvalue weighted by molar-refractivity contribution is 0.271. The first kappa shape index (κ1) is 12.3. The fraction of sp³-hybridized carbons (Fsp3) is 0.667. The van der Waals surface area contributed by atoms with Gasteiger partial charge in [0.1, 0.15) is 0 Å². The van der Waals surface area contributed by atoms with Crippen LogP contribution in [0.5, 0.6) is 0 Å². The van der Waals surface area contributed by atoms with Crippen LogP contribution in [-0.4, -0.2) is 42.6 Å². The van der Waals surface area contributed by atoms with Gasteiger partial charge in [0.15, 0.2) is 5.13 Å². The van der Waals surface area contributed by atoms with Crippen molar-refractivity contribution in [2.45, 2.75) is 20.3 Å². The van der Waals surface area contributed by atoms with E-state index in [2.05, 4.69) is 27.8 Å². The average Bonchev–Trinajstić information content (AvgIpc) is 2.72. The maximum Gasteiger partial charge on any atom is 0.185 e. The molecule has 0 atom stereocenters. The van der Waals surface area contributed by atoms with Gasteiger partial charge in [0.25, 0.3) is 0 Å². The Kier molecular flexibility index (Phi) is 3.97. The van der Waals surface area contributed by atoms with E-state index in [9.17, 15) is 0 Å². The Morgan fingerprint density at radius 2 is 2.06 bits per heavy atom. The Labute approximate surface area is 106 Å². The summed E-state index contributed by atoms with van der Waals surface area (Å²) in [5.41, 5.74) is 1.02. The first-order chi connectivity index (χ1) is 8.24. The second-order valence-corrected chi connectivity index (χ2v) is 5.32. The highest BCUT2D eigenvalue weighted by Crippen LogP contribution is 2.27. The van der Waals surface area contributed by atoms with Crippen molar-refractivity contribution in [3.63, 3.8) is 0 Å². The molecule has 4 nitrogen and oxygen atoms in total. The van der Waals surface area contributed by atoms with E-state index >= 15 is 0 Å². The van der Waals surface area contributed by atoms with E-state index in [4.69, 9.17) is 5.26 Å². The van der Waals surface area contributed by atoms with Crippen LogP contribution in [-0.2, 0) is 6.42 Å². The molecule has 0 aliphatic carbocycles. The molecule has 0 bridgehead atoms. The molecule has 0 saturated carbocycles. The molecular weight excluding hydrogens is 232 g/mol. The van der Waals surface area contributed by atoms with Crippen LogP contribution in [0.2, 0.25) is 0 Å². The first-order valence-electron chi connectivity index (χ1n) is 6.05. The summed E-state index contributed by atoms with van der Waals surface area (Å²) in [7, 11) is 0. The van der Waals surface area contributed by atoms with Crippen molar-refractivity contribution in [1.82, 2.24) is 9.88 Å². The first-order valence-corrected chi connectivity index (χ1v) is 6.86. The number of piperazine rings is 1. The molecule has 0 amide bonds. The second kappa shape index (κ2) is 5.48. The predicted octanol–water partition coefficient (Wildman–Crippen LogP) is 1.66. The van der Waals surface area contributed by atoms with Gasteiger partial charge in [-0.15, -0.1) is 11.3 Å². The van der Waals surface area contributed by atoms with E-state index in [1.54, 1.807) is 11.3 Å². The summed E-state index contributed by atoms with van der Waals surface area (Å²) in [5.74, 6) is 0. The van der Waals surface area contributed by atoms with Crippen LogP contribution in [0.15, 0.2) is 0 Å². The topological polar surface area (TPSA) is 43.2 Å². The molecule has 1 aliphatic heterocycles. The number of aromatic nitrogens is 1. The molecule has 2 rings (SSSR count). The molecule has 1 fully saturated rings. The number of aryl methyl sites for hydroxylation is 1. The maximum absolute atomic E-state index is 8.74. The molecule has 92 valence electrons. The molecule has 17 heavy (non-hydrogen) atoms. The highest BCUT2D eigenvalue weighted by molar-refractivity contribution is 7.15. The van der Waals surface area contributed by atoms with Gasteiger partial charge in [-0.25, -0.2) is 4.98 Å². The zero-order chi connectivity index (χ0) is 12.3. The third-order valence-corrected chi connectivity index (χ3v) is 4.43. The molecule has 0 aromatic carbocycles. The number of nitrogens with zero attached hydrogens (tertiary/aromatic N) is 4. The second-order valence-electron chi connectivity index (χ2n) is 4.26. The van der Waals surface area contributed by atoms with Gasteiger partial charge in [-0.2, -0.15) is 5.26 Å². The number of anilines is 1. The summed E-state index contributed by atoms with van der Waals surface area (Å²) in [6.45, 7) is 9.65. The zero-order valence-electron chi connectivity index (χ0n) is 10.4. The summed E-state index contributed by atoms with van der Waals surface area (Å²) in [5, 5.41) is 9.83. The van der Waals surface area contributed by atoms with Gasteiger partial charge in [0, 0.05) is 31.1 Å². The molecule has 1 aromatic rings. The summed E-state index contributed by atoms with van der Waals surface area (Å²) in [6.07, 6.45) is 0.485. The minimum absolute atomic E-state index is 0.485. The van der Waals surface area contributed by atoms with Gasteiger partial charge in [0.2, 0.25) is 0 Å². The monoisotopic (exact) mass is 250 g/mol. The zero-order valence-corrected chi connectivity index (χ0v) is 11.3. The van der Waals surface area contributed by atoms with Gasteiger partial charge < -0.3 is 9.80 Å². The van der Waals surface area contributed by atoms with Gasteiger partial charge in [-0.1, -0.05) is 6.92 Å². The molecule has 5 heteroatoms. The van der Waals surface area contributed by atoms with E-state index in [1.165, 1.54) is 0 Å².